The first-order valence-corrected chi connectivity index (χ1v) is 6.57. The molecule has 0 saturated carbocycles. The molecule has 96 valence electrons. The van der Waals surface area contributed by atoms with E-state index in [4.69, 9.17) is 28.9 Å². The van der Waals surface area contributed by atoms with E-state index in [1.807, 2.05) is 24.3 Å². The summed E-state index contributed by atoms with van der Waals surface area (Å²) in [6.07, 6.45) is 0. The van der Waals surface area contributed by atoms with Crippen LogP contribution in [0.3, 0.4) is 0 Å². The highest BCUT2D eigenvalue weighted by Crippen LogP contribution is 2.30. The number of fused-ring (bicyclic) bond motifs is 1. The van der Waals surface area contributed by atoms with Crippen molar-refractivity contribution in [2.45, 2.75) is 6.54 Å². The molecule has 0 aliphatic rings. The average Bonchev–Trinajstić information content (AvgIpc) is 2.81. The lowest BCUT2D eigenvalue weighted by molar-refractivity contribution is 1.08. The zero-order valence-corrected chi connectivity index (χ0v) is 11.5. The predicted octanol–water partition coefficient (Wildman–Crippen LogP) is 4.00. The van der Waals surface area contributed by atoms with E-state index in [2.05, 4.69) is 9.97 Å². The van der Waals surface area contributed by atoms with Crippen molar-refractivity contribution in [2.24, 2.45) is 5.73 Å². The molecule has 1 heterocycles. The van der Waals surface area contributed by atoms with Crippen LogP contribution in [0.5, 0.6) is 0 Å². The average molecular weight is 292 g/mol. The Morgan fingerprint density at radius 1 is 1.16 bits per heavy atom. The number of H-pyrrole nitrogens is 1. The largest absolute Gasteiger partial charge is 0.338 e. The molecule has 0 bridgehead atoms. The fourth-order valence-electron chi connectivity index (χ4n) is 2.07. The molecule has 3 rings (SSSR count). The molecule has 1 aromatic heterocycles. The number of nitrogens with zero attached hydrogens (tertiary/aromatic N) is 1. The number of aromatic nitrogens is 2. The summed E-state index contributed by atoms with van der Waals surface area (Å²) < 4.78 is 0. The van der Waals surface area contributed by atoms with Crippen LogP contribution in [0.2, 0.25) is 10.0 Å². The Kier molecular flexibility index (Phi) is 3.19. The molecule has 0 spiro atoms. The van der Waals surface area contributed by atoms with Gasteiger partial charge in [0.2, 0.25) is 0 Å². The number of imidazole rings is 1. The van der Waals surface area contributed by atoms with Gasteiger partial charge in [-0.3, -0.25) is 0 Å². The SMILES string of the molecule is NCc1cccc2[nH]c(-c3ccc(Cl)cc3Cl)nc12. The van der Waals surface area contributed by atoms with Crippen LogP contribution in [0.1, 0.15) is 5.56 Å². The molecule has 3 aromatic rings. The number of rotatable bonds is 2. The van der Waals surface area contributed by atoms with Gasteiger partial charge in [0.05, 0.1) is 16.1 Å². The second-order valence-corrected chi connectivity index (χ2v) is 5.07. The molecule has 0 unspecified atom stereocenters. The second-order valence-electron chi connectivity index (χ2n) is 4.23. The first-order chi connectivity index (χ1) is 9.19. The monoisotopic (exact) mass is 291 g/mol. The number of hydrogen-bond donors (Lipinski definition) is 2. The number of benzene rings is 2. The molecular weight excluding hydrogens is 281 g/mol. The van der Waals surface area contributed by atoms with Crippen molar-refractivity contribution in [2.75, 3.05) is 0 Å². The third kappa shape index (κ3) is 2.21. The Labute approximate surface area is 120 Å². The Morgan fingerprint density at radius 3 is 2.74 bits per heavy atom. The lowest BCUT2D eigenvalue weighted by Gasteiger charge is -2.00. The van der Waals surface area contributed by atoms with E-state index in [9.17, 15) is 0 Å². The fraction of sp³-hybridized carbons (Fsp3) is 0.0714. The molecule has 0 aliphatic carbocycles. The van der Waals surface area contributed by atoms with Crippen LogP contribution in [0.25, 0.3) is 22.4 Å². The number of aromatic amines is 1. The Morgan fingerprint density at radius 2 is 2.00 bits per heavy atom. The van der Waals surface area contributed by atoms with Crippen LogP contribution in [0.15, 0.2) is 36.4 Å². The smallest absolute Gasteiger partial charge is 0.140 e. The maximum atomic E-state index is 6.20. The normalized spacial score (nSPS) is 11.1. The van der Waals surface area contributed by atoms with Crippen LogP contribution in [0.4, 0.5) is 0 Å². The molecule has 0 atom stereocenters. The van der Waals surface area contributed by atoms with Crippen LogP contribution in [-0.4, -0.2) is 9.97 Å². The molecule has 3 nitrogen and oxygen atoms in total. The van der Waals surface area contributed by atoms with Crippen LogP contribution in [-0.2, 0) is 6.54 Å². The molecule has 5 heteroatoms. The third-order valence-corrected chi connectivity index (χ3v) is 3.55. The summed E-state index contributed by atoms with van der Waals surface area (Å²) in [6.45, 7) is 0.454. The highest BCUT2D eigenvalue weighted by Gasteiger charge is 2.11. The summed E-state index contributed by atoms with van der Waals surface area (Å²) in [6, 6.07) is 11.2. The van der Waals surface area contributed by atoms with E-state index in [0.29, 0.717) is 16.6 Å². The van der Waals surface area contributed by atoms with E-state index >= 15 is 0 Å². The summed E-state index contributed by atoms with van der Waals surface area (Å²) in [4.78, 5) is 7.83. The highest BCUT2D eigenvalue weighted by molar-refractivity contribution is 6.36. The molecule has 0 amide bonds. The maximum Gasteiger partial charge on any atom is 0.140 e. The highest BCUT2D eigenvalue weighted by atomic mass is 35.5. The van der Waals surface area contributed by atoms with Crippen molar-refractivity contribution >= 4 is 34.2 Å². The maximum absolute atomic E-state index is 6.20. The summed E-state index contributed by atoms with van der Waals surface area (Å²) in [5.41, 5.74) is 9.37. The Balaban J connectivity index is 2.20. The van der Waals surface area contributed by atoms with Gasteiger partial charge in [0.1, 0.15) is 5.82 Å². The number of nitrogens with two attached hydrogens (primary N) is 1. The minimum atomic E-state index is 0.454. The Bertz CT molecular complexity index is 750. The van der Waals surface area contributed by atoms with E-state index in [1.165, 1.54) is 0 Å². The summed E-state index contributed by atoms with van der Waals surface area (Å²) in [5.74, 6) is 0.720. The Hall–Kier alpha value is -1.55. The van der Waals surface area contributed by atoms with Gasteiger partial charge in [-0.05, 0) is 29.8 Å². The lowest BCUT2D eigenvalue weighted by atomic mass is 10.2. The van der Waals surface area contributed by atoms with Gasteiger partial charge in [-0.15, -0.1) is 0 Å². The van der Waals surface area contributed by atoms with Gasteiger partial charge < -0.3 is 10.7 Å². The van der Waals surface area contributed by atoms with Crippen molar-refractivity contribution in [1.82, 2.24) is 9.97 Å². The molecule has 0 radical (unpaired) electrons. The van der Waals surface area contributed by atoms with Gasteiger partial charge in [-0.1, -0.05) is 35.3 Å². The van der Waals surface area contributed by atoms with Crippen molar-refractivity contribution in [1.29, 1.82) is 0 Å². The third-order valence-electron chi connectivity index (χ3n) is 3.00. The van der Waals surface area contributed by atoms with Gasteiger partial charge in [-0.2, -0.15) is 0 Å². The zero-order valence-electron chi connectivity index (χ0n) is 9.95. The quantitative estimate of drug-likeness (QED) is 0.750. The topological polar surface area (TPSA) is 54.7 Å². The van der Waals surface area contributed by atoms with Crippen LogP contribution in [0, 0.1) is 0 Å². The molecule has 0 saturated heterocycles. The van der Waals surface area contributed by atoms with Gasteiger partial charge in [0.25, 0.3) is 0 Å². The molecule has 3 N–H and O–H groups in total. The molecule has 0 aliphatic heterocycles. The zero-order chi connectivity index (χ0) is 13.4. The van der Waals surface area contributed by atoms with Gasteiger partial charge in [0.15, 0.2) is 0 Å². The van der Waals surface area contributed by atoms with Crippen molar-refractivity contribution < 1.29 is 0 Å². The van der Waals surface area contributed by atoms with Gasteiger partial charge in [0, 0.05) is 17.1 Å². The molecular formula is C14H11Cl2N3. The molecule has 2 aromatic carbocycles. The summed E-state index contributed by atoms with van der Waals surface area (Å²) in [7, 11) is 0. The van der Waals surface area contributed by atoms with E-state index in [1.54, 1.807) is 12.1 Å². The predicted molar refractivity (Wildman–Crippen MR) is 79.4 cm³/mol. The minimum Gasteiger partial charge on any atom is -0.338 e. The first kappa shape index (κ1) is 12.5. The van der Waals surface area contributed by atoms with Crippen LogP contribution >= 0.6 is 23.2 Å². The lowest BCUT2D eigenvalue weighted by Crippen LogP contribution is -1.96. The number of hydrogen-bond acceptors (Lipinski definition) is 2. The van der Waals surface area contributed by atoms with Gasteiger partial charge >= 0.3 is 0 Å². The number of para-hydroxylation sites is 1. The summed E-state index contributed by atoms with van der Waals surface area (Å²) in [5, 5.41) is 1.17. The van der Waals surface area contributed by atoms with E-state index < -0.39 is 0 Å². The van der Waals surface area contributed by atoms with Crippen molar-refractivity contribution in [3.8, 4) is 11.4 Å². The summed E-state index contributed by atoms with van der Waals surface area (Å²) >= 11 is 12.1. The number of halogens is 2. The van der Waals surface area contributed by atoms with Crippen molar-refractivity contribution in [3.63, 3.8) is 0 Å². The van der Waals surface area contributed by atoms with Gasteiger partial charge in [-0.25, -0.2) is 4.98 Å². The fourth-order valence-corrected chi connectivity index (χ4v) is 2.56. The molecule has 0 fully saturated rings. The van der Waals surface area contributed by atoms with Crippen LogP contribution < -0.4 is 5.73 Å². The molecule has 19 heavy (non-hydrogen) atoms. The van der Waals surface area contributed by atoms with E-state index in [-0.39, 0.29) is 0 Å². The second kappa shape index (κ2) is 4.85. The minimum absolute atomic E-state index is 0.454. The van der Waals surface area contributed by atoms with E-state index in [0.717, 1.165) is 28.0 Å². The van der Waals surface area contributed by atoms with Crippen molar-refractivity contribution in [3.05, 3.63) is 52.0 Å². The first-order valence-electron chi connectivity index (χ1n) is 5.82. The standard InChI is InChI=1S/C14H11Cl2N3/c15-9-4-5-10(11(16)6-9)14-18-12-3-1-2-8(7-17)13(12)19-14/h1-6H,7,17H2,(H,18,19). The number of nitrogens with one attached hydrogen (secondary N) is 1.